The molecule has 0 unspecified atom stereocenters. The molecule has 1 atom stereocenters. The number of carbonyl (C=O) groups excluding carboxylic acids is 1. The summed E-state index contributed by atoms with van der Waals surface area (Å²) in [6.07, 6.45) is 2.53. The Morgan fingerprint density at radius 3 is 3.14 bits per heavy atom. The fourth-order valence-corrected chi connectivity index (χ4v) is 1.63. The lowest BCUT2D eigenvalue weighted by Gasteiger charge is -2.09. The average Bonchev–Trinajstić information content (AvgIpc) is 2.75. The van der Waals surface area contributed by atoms with Gasteiger partial charge in [0.05, 0.1) is 6.26 Å². The molecule has 0 spiro atoms. The molecule has 1 saturated heterocycles. The Kier molecular flexibility index (Phi) is 2.54. The van der Waals surface area contributed by atoms with Gasteiger partial charge in [-0.1, -0.05) is 0 Å². The van der Waals surface area contributed by atoms with E-state index in [2.05, 4.69) is 10.6 Å². The van der Waals surface area contributed by atoms with Gasteiger partial charge in [0.15, 0.2) is 5.76 Å². The lowest BCUT2D eigenvalue weighted by molar-refractivity contribution is 0.0911. The van der Waals surface area contributed by atoms with E-state index in [0.717, 1.165) is 25.1 Å². The molecule has 0 radical (unpaired) electrons. The van der Waals surface area contributed by atoms with Gasteiger partial charge in [-0.25, -0.2) is 0 Å². The highest BCUT2D eigenvalue weighted by atomic mass is 16.3. The maximum atomic E-state index is 11.6. The molecule has 14 heavy (non-hydrogen) atoms. The number of carbonyl (C=O) groups is 1. The third-order valence-corrected chi connectivity index (χ3v) is 2.46. The summed E-state index contributed by atoms with van der Waals surface area (Å²) in [5.41, 5.74) is 0.883. The van der Waals surface area contributed by atoms with Gasteiger partial charge in [0.2, 0.25) is 0 Å². The normalized spacial score (nSPS) is 21.1. The lowest BCUT2D eigenvalue weighted by Crippen LogP contribution is -2.36. The molecule has 4 nitrogen and oxygen atoms in total. The second-order valence-electron chi connectivity index (χ2n) is 3.60. The molecule has 1 aliphatic heterocycles. The molecule has 2 rings (SSSR count). The highest BCUT2D eigenvalue weighted by molar-refractivity contribution is 5.93. The minimum absolute atomic E-state index is 0.110. The third-order valence-electron chi connectivity index (χ3n) is 2.46. The molecule has 0 aromatic carbocycles. The summed E-state index contributed by atoms with van der Waals surface area (Å²) in [5, 5.41) is 6.12. The van der Waals surface area contributed by atoms with E-state index in [-0.39, 0.29) is 11.9 Å². The molecular formula is C10H14N2O2. The van der Waals surface area contributed by atoms with Crippen LogP contribution in [0.1, 0.15) is 22.5 Å². The van der Waals surface area contributed by atoms with Crippen molar-refractivity contribution in [1.29, 1.82) is 0 Å². The van der Waals surface area contributed by atoms with Crippen LogP contribution in [0.5, 0.6) is 0 Å². The van der Waals surface area contributed by atoms with Crippen molar-refractivity contribution in [2.24, 2.45) is 0 Å². The smallest absolute Gasteiger partial charge is 0.287 e. The van der Waals surface area contributed by atoms with Crippen molar-refractivity contribution < 1.29 is 9.21 Å². The highest BCUT2D eigenvalue weighted by Gasteiger charge is 2.19. The summed E-state index contributed by atoms with van der Waals surface area (Å²) in [6, 6.07) is 2.04. The molecule has 76 valence electrons. The van der Waals surface area contributed by atoms with Crippen molar-refractivity contribution in [2.75, 3.05) is 13.1 Å². The molecule has 1 aromatic rings. The van der Waals surface area contributed by atoms with Gasteiger partial charge < -0.3 is 15.1 Å². The number of nitrogens with one attached hydrogen (secondary N) is 2. The van der Waals surface area contributed by atoms with Crippen molar-refractivity contribution in [3.8, 4) is 0 Å². The molecule has 0 saturated carbocycles. The van der Waals surface area contributed by atoms with Crippen LogP contribution >= 0.6 is 0 Å². The Morgan fingerprint density at radius 1 is 1.71 bits per heavy atom. The average molecular weight is 194 g/mol. The third kappa shape index (κ3) is 1.80. The van der Waals surface area contributed by atoms with Crippen LogP contribution in [0.4, 0.5) is 0 Å². The predicted octanol–water partition coefficient (Wildman–Crippen LogP) is 0.680. The fourth-order valence-electron chi connectivity index (χ4n) is 1.63. The summed E-state index contributed by atoms with van der Waals surface area (Å²) < 4.78 is 5.10. The van der Waals surface area contributed by atoms with Crippen LogP contribution in [0.2, 0.25) is 0 Å². The topological polar surface area (TPSA) is 54.3 Å². The molecule has 1 fully saturated rings. The van der Waals surface area contributed by atoms with Crippen molar-refractivity contribution in [2.45, 2.75) is 19.4 Å². The molecule has 1 amide bonds. The second kappa shape index (κ2) is 3.84. The molecule has 0 bridgehead atoms. The lowest BCUT2D eigenvalue weighted by atomic mass is 10.2. The van der Waals surface area contributed by atoms with Crippen LogP contribution in [0.15, 0.2) is 16.7 Å². The summed E-state index contributed by atoms with van der Waals surface area (Å²) in [7, 11) is 0. The zero-order valence-electron chi connectivity index (χ0n) is 8.17. The Bertz CT molecular complexity index is 327. The number of amides is 1. The molecular weight excluding hydrogens is 180 g/mol. The maximum absolute atomic E-state index is 11.6. The number of aryl methyl sites for hydroxylation is 1. The van der Waals surface area contributed by atoms with Crippen LogP contribution in [-0.4, -0.2) is 25.0 Å². The molecule has 2 heterocycles. The SMILES string of the molecule is Cc1ccoc1C(=O)N[C@@H]1CCNC1. The summed E-state index contributed by atoms with van der Waals surface area (Å²) in [5.74, 6) is 0.318. The number of furan rings is 1. The minimum atomic E-state index is -0.110. The predicted molar refractivity (Wildman–Crippen MR) is 52.2 cm³/mol. The highest BCUT2D eigenvalue weighted by Crippen LogP contribution is 2.09. The van der Waals surface area contributed by atoms with Crippen molar-refractivity contribution in [3.05, 3.63) is 23.7 Å². The van der Waals surface area contributed by atoms with Crippen LogP contribution in [-0.2, 0) is 0 Å². The first kappa shape index (κ1) is 9.27. The van der Waals surface area contributed by atoms with Crippen LogP contribution < -0.4 is 10.6 Å². The number of hydrogen-bond donors (Lipinski definition) is 2. The van der Waals surface area contributed by atoms with Crippen LogP contribution in [0, 0.1) is 6.92 Å². The Hall–Kier alpha value is -1.29. The Labute approximate surface area is 82.7 Å². The summed E-state index contributed by atoms with van der Waals surface area (Å²) >= 11 is 0. The fraction of sp³-hybridized carbons (Fsp3) is 0.500. The van der Waals surface area contributed by atoms with Gasteiger partial charge in [0.25, 0.3) is 5.91 Å². The van der Waals surface area contributed by atoms with Crippen LogP contribution in [0.25, 0.3) is 0 Å². The maximum Gasteiger partial charge on any atom is 0.287 e. The molecule has 0 aliphatic carbocycles. The van der Waals surface area contributed by atoms with E-state index in [1.807, 2.05) is 6.92 Å². The monoisotopic (exact) mass is 194 g/mol. The summed E-state index contributed by atoms with van der Waals surface area (Å²) in [6.45, 7) is 3.69. The molecule has 4 heteroatoms. The van der Waals surface area contributed by atoms with Gasteiger partial charge in [-0.05, 0) is 26.0 Å². The van der Waals surface area contributed by atoms with Crippen molar-refractivity contribution >= 4 is 5.91 Å². The van der Waals surface area contributed by atoms with Gasteiger partial charge in [-0.15, -0.1) is 0 Å². The van der Waals surface area contributed by atoms with Crippen molar-refractivity contribution in [3.63, 3.8) is 0 Å². The molecule has 2 N–H and O–H groups in total. The summed E-state index contributed by atoms with van der Waals surface area (Å²) in [4.78, 5) is 11.6. The van der Waals surface area contributed by atoms with Gasteiger partial charge in [-0.2, -0.15) is 0 Å². The van der Waals surface area contributed by atoms with E-state index >= 15 is 0 Å². The second-order valence-corrected chi connectivity index (χ2v) is 3.60. The van der Waals surface area contributed by atoms with E-state index in [9.17, 15) is 4.79 Å². The molecule has 1 aromatic heterocycles. The van der Waals surface area contributed by atoms with Gasteiger partial charge in [0.1, 0.15) is 0 Å². The zero-order chi connectivity index (χ0) is 9.97. The minimum Gasteiger partial charge on any atom is -0.459 e. The first-order valence-corrected chi connectivity index (χ1v) is 4.83. The Morgan fingerprint density at radius 2 is 2.57 bits per heavy atom. The van der Waals surface area contributed by atoms with E-state index in [1.165, 1.54) is 6.26 Å². The first-order valence-electron chi connectivity index (χ1n) is 4.83. The van der Waals surface area contributed by atoms with Gasteiger partial charge >= 0.3 is 0 Å². The van der Waals surface area contributed by atoms with E-state index in [4.69, 9.17) is 4.42 Å². The first-order chi connectivity index (χ1) is 6.77. The Balaban J connectivity index is 1.98. The van der Waals surface area contributed by atoms with Gasteiger partial charge in [-0.3, -0.25) is 4.79 Å². The van der Waals surface area contributed by atoms with E-state index < -0.39 is 0 Å². The molecule has 1 aliphatic rings. The number of rotatable bonds is 2. The number of hydrogen-bond acceptors (Lipinski definition) is 3. The van der Waals surface area contributed by atoms with E-state index in [0.29, 0.717) is 5.76 Å². The standard InChI is InChI=1S/C10H14N2O2/c1-7-3-5-14-9(7)10(13)12-8-2-4-11-6-8/h3,5,8,11H,2,4,6H2,1H3,(H,12,13)/t8-/m1/s1. The zero-order valence-corrected chi connectivity index (χ0v) is 8.17. The van der Waals surface area contributed by atoms with Gasteiger partial charge in [0, 0.05) is 18.2 Å². The van der Waals surface area contributed by atoms with Crippen LogP contribution in [0.3, 0.4) is 0 Å². The van der Waals surface area contributed by atoms with E-state index in [1.54, 1.807) is 6.07 Å². The largest absolute Gasteiger partial charge is 0.459 e. The van der Waals surface area contributed by atoms with Crippen molar-refractivity contribution in [1.82, 2.24) is 10.6 Å². The quantitative estimate of drug-likeness (QED) is 0.728.